The maximum absolute atomic E-state index is 13.6. The Morgan fingerprint density at radius 2 is 1.73 bits per heavy atom. The molecule has 3 N–H and O–H groups in total. The molecular formula is C27H24Cl2N8O2S. The minimum atomic E-state index is -0.380. The third-order valence-corrected chi connectivity index (χ3v) is 7.47. The molecule has 0 aliphatic carbocycles. The second-order valence-corrected chi connectivity index (χ2v) is 11.8. The molecule has 0 saturated heterocycles. The van der Waals surface area contributed by atoms with Crippen LogP contribution in [0.5, 0.6) is 0 Å². The monoisotopic (exact) mass is 594 g/mol. The van der Waals surface area contributed by atoms with Crippen molar-refractivity contribution < 1.29 is 9.59 Å². The van der Waals surface area contributed by atoms with Crippen LogP contribution in [0.1, 0.15) is 42.3 Å². The summed E-state index contributed by atoms with van der Waals surface area (Å²) in [5, 5.41) is 19.9. The molecule has 0 aliphatic rings. The lowest BCUT2D eigenvalue weighted by molar-refractivity contribution is 0.102. The van der Waals surface area contributed by atoms with Gasteiger partial charge in [-0.25, -0.2) is 9.78 Å². The largest absolute Gasteiger partial charge is 0.328 e. The lowest BCUT2D eigenvalue weighted by Crippen LogP contribution is -2.34. The van der Waals surface area contributed by atoms with E-state index in [-0.39, 0.29) is 29.8 Å². The molecule has 0 spiro atoms. The van der Waals surface area contributed by atoms with E-state index in [0.29, 0.717) is 31.9 Å². The summed E-state index contributed by atoms with van der Waals surface area (Å²) in [7, 11) is 0. The molecule has 13 heteroatoms. The van der Waals surface area contributed by atoms with E-state index in [2.05, 4.69) is 57.0 Å². The molecule has 5 aromatic rings. The number of nitrogens with one attached hydrogen (secondary N) is 3. The van der Waals surface area contributed by atoms with E-state index in [1.54, 1.807) is 41.3 Å². The fourth-order valence-electron chi connectivity index (χ4n) is 3.92. The molecule has 3 amide bonds. The maximum Gasteiger partial charge on any atom is 0.328 e. The number of tetrazole rings is 1. The first-order valence-corrected chi connectivity index (χ1v) is 13.7. The van der Waals surface area contributed by atoms with E-state index >= 15 is 0 Å². The van der Waals surface area contributed by atoms with Gasteiger partial charge in [0.2, 0.25) is 0 Å². The van der Waals surface area contributed by atoms with Crippen molar-refractivity contribution in [2.24, 2.45) is 0 Å². The lowest BCUT2D eigenvalue weighted by atomic mass is 9.87. The summed E-state index contributed by atoms with van der Waals surface area (Å²) in [6, 6.07) is 17.8. The van der Waals surface area contributed by atoms with Crippen LogP contribution in [0.4, 0.5) is 21.6 Å². The highest BCUT2D eigenvalue weighted by Crippen LogP contribution is 2.34. The van der Waals surface area contributed by atoms with Gasteiger partial charge in [-0.15, -0.1) is 5.10 Å². The van der Waals surface area contributed by atoms with Gasteiger partial charge in [0.05, 0.1) is 16.3 Å². The Labute approximate surface area is 243 Å². The van der Waals surface area contributed by atoms with E-state index in [9.17, 15) is 9.59 Å². The number of H-pyrrole nitrogens is 1. The molecular weight excluding hydrogens is 571 g/mol. The molecule has 0 bridgehead atoms. The van der Waals surface area contributed by atoms with Crippen molar-refractivity contribution in [2.45, 2.75) is 32.7 Å². The quantitative estimate of drug-likeness (QED) is 0.196. The summed E-state index contributed by atoms with van der Waals surface area (Å²) in [4.78, 5) is 32.2. The molecule has 0 atom stereocenters. The van der Waals surface area contributed by atoms with Crippen molar-refractivity contribution in [3.05, 3.63) is 87.4 Å². The third kappa shape index (κ3) is 6.22. The summed E-state index contributed by atoms with van der Waals surface area (Å²) < 4.78 is 0.767. The maximum atomic E-state index is 13.6. The normalized spacial score (nSPS) is 11.4. The number of hydrogen-bond acceptors (Lipinski definition) is 7. The minimum Gasteiger partial charge on any atom is -0.290 e. The molecule has 0 radical (unpaired) electrons. The van der Waals surface area contributed by atoms with Gasteiger partial charge in [-0.05, 0) is 58.2 Å². The number of rotatable bonds is 6. The van der Waals surface area contributed by atoms with E-state index in [0.717, 1.165) is 15.8 Å². The Balaban J connectivity index is 1.40. The molecule has 10 nitrogen and oxygen atoms in total. The third-order valence-electron chi connectivity index (χ3n) is 6.04. The Morgan fingerprint density at radius 1 is 1.00 bits per heavy atom. The molecule has 40 heavy (non-hydrogen) atoms. The first-order chi connectivity index (χ1) is 19.1. The Hall–Kier alpha value is -4.06. The Kier molecular flexibility index (Phi) is 7.70. The number of nitrogens with zero attached hydrogens (tertiary/aromatic N) is 5. The Morgan fingerprint density at radius 3 is 2.38 bits per heavy atom. The number of carbonyl (C=O) groups is 2. The van der Waals surface area contributed by atoms with Crippen molar-refractivity contribution in [3.8, 4) is 0 Å². The summed E-state index contributed by atoms with van der Waals surface area (Å²) in [5.41, 5.74) is 3.60. The first-order valence-electron chi connectivity index (χ1n) is 12.2. The number of thiazole rings is 1. The van der Waals surface area contributed by atoms with Crippen LogP contribution in [0.25, 0.3) is 10.2 Å². The average molecular weight is 596 g/mol. The van der Waals surface area contributed by atoms with Crippen LogP contribution in [0.3, 0.4) is 0 Å². The van der Waals surface area contributed by atoms with Crippen LogP contribution in [-0.2, 0) is 12.0 Å². The van der Waals surface area contributed by atoms with Crippen LogP contribution in [0, 0.1) is 0 Å². The fourth-order valence-corrected chi connectivity index (χ4v) is 5.50. The molecule has 3 aromatic carbocycles. The number of benzene rings is 3. The fraction of sp³-hybridized carbons (Fsp3) is 0.185. The Bertz CT molecular complexity index is 1660. The van der Waals surface area contributed by atoms with Crippen LogP contribution < -0.4 is 15.5 Å². The van der Waals surface area contributed by atoms with Crippen molar-refractivity contribution in [3.63, 3.8) is 0 Å². The molecule has 2 heterocycles. The second kappa shape index (κ2) is 11.2. The molecule has 5 rings (SSSR count). The van der Waals surface area contributed by atoms with E-state index in [1.807, 2.05) is 24.3 Å². The van der Waals surface area contributed by atoms with Gasteiger partial charge < -0.3 is 0 Å². The number of carbonyl (C=O) groups excluding carboxylic acids is 2. The van der Waals surface area contributed by atoms with E-state index in [4.69, 9.17) is 23.2 Å². The topological polar surface area (TPSA) is 129 Å². The predicted molar refractivity (Wildman–Crippen MR) is 159 cm³/mol. The number of hydrogen-bond donors (Lipinski definition) is 3. The SMILES string of the molecule is CC(C)(C)c1ccc(N(Cc2ccc(C(=O)Nc3nn[nH]n3)cc2)C(=O)Nc2nc3c(Cl)cc(Cl)cc3s2)cc1. The zero-order valence-electron chi connectivity index (χ0n) is 21.7. The van der Waals surface area contributed by atoms with Gasteiger partial charge in [0, 0.05) is 16.3 Å². The van der Waals surface area contributed by atoms with Gasteiger partial charge in [0.1, 0.15) is 5.52 Å². The summed E-state index contributed by atoms with van der Waals surface area (Å²) in [5.74, 6) is -0.302. The number of fused-ring (bicyclic) bond motifs is 1. The average Bonchev–Trinajstić information content (AvgIpc) is 3.57. The van der Waals surface area contributed by atoms with E-state index in [1.165, 1.54) is 11.3 Å². The number of aromatic nitrogens is 5. The molecule has 0 aliphatic heterocycles. The first kappa shape index (κ1) is 27.5. The van der Waals surface area contributed by atoms with Crippen molar-refractivity contribution >= 4 is 73.5 Å². The molecule has 2 aromatic heterocycles. The minimum absolute atomic E-state index is 0.0366. The number of urea groups is 1. The predicted octanol–water partition coefficient (Wildman–Crippen LogP) is 6.90. The standard InChI is InChI=1S/C27H24Cl2N8O2S/c1-27(2,3)17-8-10-19(11-9-17)37(26(39)32-25-30-22-20(29)12-18(28)13-21(22)40-25)14-15-4-6-16(7-5-15)23(38)31-24-33-35-36-34-24/h4-13H,14H2,1-3H3,(H,30,32,39)(H2,31,33,34,35,36,38). The summed E-state index contributed by atoms with van der Waals surface area (Å²) in [6.07, 6.45) is 0. The van der Waals surface area contributed by atoms with Crippen LogP contribution >= 0.6 is 34.5 Å². The highest BCUT2D eigenvalue weighted by atomic mass is 35.5. The number of anilines is 3. The van der Waals surface area contributed by atoms with Crippen LogP contribution in [0.2, 0.25) is 10.0 Å². The highest BCUT2D eigenvalue weighted by molar-refractivity contribution is 7.22. The molecule has 204 valence electrons. The summed E-state index contributed by atoms with van der Waals surface area (Å²) in [6.45, 7) is 6.64. The second-order valence-electron chi connectivity index (χ2n) is 9.95. The van der Waals surface area contributed by atoms with E-state index < -0.39 is 0 Å². The van der Waals surface area contributed by atoms with Gasteiger partial charge in [0.25, 0.3) is 11.9 Å². The smallest absolute Gasteiger partial charge is 0.290 e. The van der Waals surface area contributed by atoms with Crippen molar-refractivity contribution in [2.75, 3.05) is 15.5 Å². The molecule has 0 saturated carbocycles. The van der Waals surface area contributed by atoms with Crippen LogP contribution in [-0.4, -0.2) is 37.5 Å². The van der Waals surface area contributed by atoms with Gasteiger partial charge in [-0.1, -0.05) is 84.7 Å². The van der Waals surface area contributed by atoms with Gasteiger partial charge in [0.15, 0.2) is 5.13 Å². The van der Waals surface area contributed by atoms with Crippen LogP contribution in [0.15, 0.2) is 60.7 Å². The highest BCUT2D eigenvalue weighted by Gasteiger charge is 2.21. The van der Waals surface area contributed by atoms with Gasteiger partial charge in [-0.3, -0.25) is 20.3 Å². The van der Waals surface area contributed by atoms with Gasteiger partial charge in [-0.2, -0.15) is 5.21 Å². The van der Waals surface area contributed by atoms with Crippen molar-refractivity contribution in [1.82, 2.24) is 25.6 Å². The number of aromatic amines is 1. The van der Waals surface area contributed by atoms with Crippen molar-refractivity contribution in [1.29, 1.82) is 0 Å². The zero-order valence-corrected chi connectivity index (χ0v) is 24.0. The molecule has 0 fully saturated rings. The summed E-state index contributed by atoms with van der Waals surface area (Å²) >= 11 is 13.7. The number of halogens is 2. The lowest BCUT2D eigenvalue weighted by Gasteiger charge is -2.25. The number of amides is 3. The van der Waals surface area contributed by atoms with Gasteiger partial charge >= 0.3 is 6.03 Å². The zero-order chi connectivity index (χ0) is 28.4. The molecule has 0 unspecified atom stereocenters.